The van der Waals surface area contributed by atoms with Crippen LogP contribution in [0, 0.1) is 0 Å². The number of carbonyl (C=O) groups excluding carboxylic acids is 1. The lowest BCUT2D eigenvalue weighted by atomic mass is 10.1. The molecule has 1 aliphatic rings. The fourth-order valence-corrected chi connectivity index (χ4v) is 2.73. The first kappa shape index (κ1) is 14.7. The second-order valence-corrected chi connectivity index (χ2v) is 5.64. The summed E-state index contributed by atoms with van der Waals surface area (Å²) in [5.41, 5.74) is 8.10. The average Bonchev–Trinajstić information content (AvgIpc) is 2.94. The molecule has 1 aliphatic heterocycles. The topological polar surface area (TPSA) is 58.4 Å². The zero-order valence-corrected chi connectivity index (χ0v) is 12.5. The van der Waals surface area contributed by atoms with Crippen LogP contribution in [-0.2, 0) is 0 Å². The van der Waals surface area contributed by atoms with Gasteiger partial charge in [0.1, 0.15) is 0 Å². The summed E-state index contributed by atoms with van der Waals surface area (Å²) in [7, 11) is 0. The Bertz CT molecular complexity index is 467. The highest BCUT2D eigenvalue weighted by molar-refractivity contribution is 6.00. The molecule has 0 radical (unpaired) electrons. The van der Waals surface area contributed by atoms with Crippen molar-refractivity contribution in [1.29, 1.82) is 0 Å². The van der Waals surface area contributed by atoms with E-state index in [9.17, 15) is 4.79 Å². The summed E-state index contributed by atoms with van der Waals surface area (Å²) in [6.07, 6.45) is 4.41. The maximum atomic E-state index is 12.6. The Morgan fingerprint density at radius 1 is 1.40 bits per heavy atom. The third-order valence-electron chi connectivity index (χ3n) is 3.79. The van der Waals surface area contributed by atoms with Crippen molar-refractivity contribution in [2.75, 3.05) is 24.1 Å². The van der Waals surface area contributed by atoms with Crippen molar-refractivity contribution in [3.05, 3.63) is 23.8 Å². The van der Waals surface area contributed by atoms with Crippen LogP contribution in [0.3, 0.4) is 0 Å². The van der Waals surface area contributed by atoms with Gasteiger partial charge in [-0.25, -0.2) is 0 Å². The van der Waals surface area contributed by atoms with E-state index >= 15 is 0 Å². The molecule has 1 aromatic carbocycles. The molecule has 1 heterocycles. The molecule has 0 spiro atoms. The lowest BCUT2D eigenvalue weighted by molar-refractivity contribution is 0.0794. The molecule has 0 aliphatic carbocycles. The smallest absolute Gasteiger partial charge is 0.256 e. The predicted molar refractivity (Wildman–Crippen MR) is 84.0 cm³/mol. The summed E-state index contributed by atoms with van der Waals surface area (Å²) in [6.45, 7) is 6.02. The normalized spacial score (nSPS) is 16.2. The first-order valence-corrected chi connectivity index (χ1v) is 7.57. The Kier molecular flexibility index (Phi) is 4.88. The highest BCUT2D eigenvalue weighted by Crippen LogP contribution is 2.24. The van der Waals surface area contributed by atoms with Crippen LogP contribution in [-0.4, -0.2) is 29.9 Å². The van der Waals surface area contributed by atoms with E-state index in [-0.39, 0.29) is 5.91 Å². The van der Waals surface area contributed by atoms with E-state index in [1.807, 2.05) is 17.0 Å². The number of anilines is 2. The lowest BCUT2D eigenvalue weighted by Crippen LogP contribution is -2.29. The summed E-state index contributed by atoms with van der Waals surface area (Å²) in [5, 5.41) is 3.44. The fraction of sp³-hybridized carbons (Fsp3) is 0.562. The molecule has 1 amide bonds. The first-order valence-electron chi connectivity index (χ1n) is 7.57. The molecule has 1 fully saturated rings. The molecule has 1 saturated heterocycles. The Balaban J connectivity index is 2.20. The van der Waals surface area contributed by atoms with Gasteiger partial charge in [0.25, 0.3) is 5.91 Å². The Morgan fingerprint density at radius 3 is 2.75 bits per heavy atom. The van der Waals surface area contributed by atoms with Crippen LogP contribution in [0.2, 0.25) is 0 Å². The molecule has 0 aromatic heterocycles. The van der Waals surface area contributed by atoms with Gasteiger partial charge in [-0.05, 0) is 44.4 Å². The monoisotopic (exact) mass is 275 g/mol. The summed E-state index contributed by atoms with van der Waals surface area (Å²) >= 11 is 0. The predicted octanol–water partition coefficient (Wildman–Crippen LogP) is 3.11. The molecule has 0 bridgehead atoms. The van der Waals surface area contributed by atoms with Gasteiger partial charge in [-0.2, -0.15) is 0 Å². The average molecular weight is 275 g/mol. The van der Waals surface area contributed by atoms with Crippen molar-refractivity contribution in [1.82, 2.24) is 4.90 Å². The minimum absolute atomic E-state index is 0.0981. The van der Waals surface area contributed by atoms with Gasteiger partial charge in [0, 0.05) is 30.5 Å². The Morgan fingerprint density at radius 2 is 2.10 bits per heavy atom. The number of nitrogens with two attached hydrogens (primary N) is 1. The van der Waals surface area contributed by atoms with E-state index in [4.69, 9.17) is 5.73 Å². The van der Waals surface area contributed by atoms with Crippen LogP contribution in [0.4, 0.5) is 11.4 Å². The minimum Gasteiger partial charge on any atom is -0.399 e. The molecule has 2 rings (SSSR count). The number of benzene rings is 1. The zero-order valence-electron chi connectivity index (χ0n) is 12.5. The second kappa shape index (κ2) is 6.64. The van der Waals surface area contributed by atoms with Crippen LogP contribution < -0.4 is 11.1 Å². The van der Waals surface area contributed by atoms with E-state index < -0.39 is 0 Å². The SMILES string of the molecule is CCCC(C)Nc1ccc(N)cc1C(=O)N1CCCC1. The molecule has 1 aromatic rings. The Hall–Kier alpha value is -1.71. The molecule has 0 saturated carbocycles. The number of nitrogens with zero attached hydrogens (tertiary/aromatic N) is 1. The van der Waals surface area contributed by atoms with Crippen LogP contribution in [0.1, 0.15) is 49.9 Å². The molecular weight excluding hydrogens is 250 g/mol. The Labute approximate surface area is 121 Å². The van der Waals surface area contributed by atoms with Gasteiger partial charge in [-0.15, -0.1) is 0 Å². The number of carbonyl (C=O) groups is 1. The standard InChI is InChI=1S/C16H25N3O/c1-3-6-12(2)18-15-8-7-13(17)11-14(15)16(20)19-9-4-5-10-19/h7-8,11-12,18H,3-6,9-10,17H2,1-2H3. The van der Waals surface area contributed by atoms with Crippen molar-refractivity contribution in [2.45, 2.75) is 45.6 Å². The summed E-state index contributed by atoms with van der Waals surface area (Å²) in [6, 6.07) is 5.92. The number of likely N-dealkylation sites (tertiary alicyclic amines) is 1. The number of nitrogen functional groups attached to an aromatic ring is 1. The second-order valence-electron chi connectivity index (χ2n) is 5.64. The lowest BCUT2D eigenvalue weighted by Gasteiger charge is -2.21. The summed E-state index contributed by atoms with van der Waals surface area (Å²) in [5.74, 6) is 0.0981. The number of hydrogen-bond acceptors (Lipinski definition) is 3. The largest absolute Gasteiger partial charge is 0.399 e. The van der Waals surface area contributed by atoms with Gasteiger partial charge < -0.3 is 16.0 Å². The zero-order chi connectivity index (χ0) is 14.5. The van der Waals surface area contributed by atoms with E-state index in [0.29, 0.717) is 17.3 Å². The molecule has 1 unspecified atom stereocenters. The third-order valence-corrected chi connectivity index (χ3v) is 3.79. The minimum atomic E-state index is 0.0981. The van der Waals surface area contributed by atoms with Crippen LogP contribution in [0.5, 0.6) is 0 Å². The van der Waals surface area contributed by atoms with E-state index in [0.717, 1.165) is 44.5 Å². The third kappa shape index (κ3) is 3.44. The van der Waals surface area contributed by atoms with Crippen molar-refractivity contribution < 1.29 is 4.79 Å². The number of rotatable bonds is 5. The number of hydrogen-bond donors (Lipinski definition) is 2. The van der Waals surface area contributed by atoms with E-state index in [2.05, 4.69) is 19.2 Å². The highest BCUT2D eigenvalue weighted by Gasteiger charge is 2.22. The highest BCUT2D eigenvalue weighted by atomic mass is 16.2. The van der Waals surface area contributed by atoms with Gasteiger partial charge in [-0.1, -0.05) is 13.3 Å². The fourth-order valence-electron chi connectivity index (χ4n) is 2.73. The van der Waals surface area contributed by atoms with Crippen molar-refractivity contribution in [3.8, 4) is 0 Å². The van der Waals surface area contributed by atoms with Crippen LogP contribution in [0.15, 0.2) is 18.2 Å². The molecular formula is C16H25N3O. The van der Waals surface area contributed by atoms with Crippen molar-refractivity contribution in [3.63, 3.8) is 0 Å². The van der Waals surface area contributed by atoms with Crippen LogP contribution >= 0.6 is 0 Å². The maximum Gasteiger partial charge on any atom is 0.256 e. The van der Waals surface area contributed by atoms with Gasteiger partial charge in [0.2, 0.25) is 0 Å². The van der Waals surface area contributed by atoms with Gasteiger partial charge in [0.15, 0.2) is 0 Å². The summed E-state index contributed by atoms with van der Waals surface area (Å²) in [4.78, 5) is 14.5. The first-order chi connectivity index (χ1) is 9.61. The van der Waals surface area contributed by atoms with E-state index in [1.54, 1.807) is 6.07 Å². The quantitative estimate of drug-likeness (QED) is 0.812. The molecule has 4 nitrogen and oxygen atoms in total. The molecule has 110 valence electrons. The maximum absolute atomic E-state index is 12.6. The molecule has 1 atom stereocenters. The van der Waals surface area contributed by atoms with Gasteiger partial charge in [0.05, 0.1) is 5.56 Å². The van der Waals surface area contributed by atoms with Crippen molar-refractivity contribution >= 4 is 17.3 Å². The summed E-state index contributed by atoms with van der Waals surface area (Å²) < 4.78 is 0. The van der Waals surface area contributed by atoms with Crippen molar-refractivity contribution in [2.24, 2.45) is 0 Å². The molecule has 3 N–H and O–H groups in total. The molecule has 4 heteroatoms. The van der Waals surface area contributed by atoms with Gasteiger partial charge >= 0.3 is 0 Å². The van der Waals surface area contributed by atoms with Gasteiger partial charge in [-0.3, -0.25) is 4.79 Å². The number of amides is 1. The van der Waals surface area contributed by atoms with Crippen LogP contribution in [0.25, 0.3) is 0 Å². The van der Waals surface area contributed by atoms with E-state index in [1.165, 1.54) is 0 Å². The molecule has 20 heavy (non-hydrogen) atoms. The number of nitrogens with one attached hydrogen (secondary N) is 1.